The number of hydrogen-bond acceptors (Lipinski definition) is 5. The van der Waals surface area contributed by atoms with Gasteiger partial charge >= 0.3 is 0 Å². The smallest absolute Gasteiger partial charge is 0.253 e. The van der Waals surface area contributed by atoms with Crippen molar-refractivity contribution < 1.29 is 19.1 Å². The molecule has 1 saturated heterocycles. The SMILES string of the molecule is O=C1CCc2ccc(Oc3ncccc3NC(=O)[C@H]3CCCO3)cc2N1. The largest absolute Gasteiger partial charge is 0.437 e. The number of aryl methyl sites for hydroxylation is 1. The highest BCUT2D eigenvalue weighted by Crippen LogP contribution is 2.32. The normalized spacial score (nSPS) is 18.8. The molecule has 1 atom stereocenters. The zero-order valence-electron chi connectivity index (χ0n) is 14.2. The molecule has 2 aliphatic rings. The van der Waals surface area contributed by atoms with E-state index in [1.165, 1.54) is 0 Å². The van der Waals surface area contributed by atoms with Crippen LogP contribution in [0.15, 0.2) is 36.5 Å². The Morgan fingerprint density at radius 3 is 3.08 bits per heavy atom. The van der Waals surface area contributed by atoms with Gasteiger partial charge in [0.05, 0.1) is 0 Å². The van der Waals surface area contributed by atoms with Gasteiger partial charge in [-0.2, -0.15) is 0 Å². The second-order valence-corrected chi connectivity index (χ2v) is 6.32. The first-order valence-corrected chi connectivity index (χ1v) is 8.67. The average Bonchev–Trinajstić information content (AvgIpc) is 3.18. The Kier molecular flexibility index (Phi) is 4.53. The summed E-state index contributed by atoms with van der Waals surface area (Å²) in [7, 11) is 0. The van der Waals surface area contributed by atoms with Crippen LogP contribution in [0.1, 0.15) is 24.8 Å². The number of amides is 2. The van der Waals surface area contributed by atoms with E-state index in [1.54, 1.807) is 24.4 Å². The summed E-state index contributed by atoms with van der Waals surface area (Å²) in [5.41, 5.74) is 2.30. The van der Waals surface area contributed by atoms with E-state index in [4.69, 9.17) is 9.47 Å². The van der Waals surface area contributed by atoms with Crippen molar-refractivity contribution in [1.82, 2.24) is 4.98 Å². The first kappa shape index (κ1) is 16.5. The number of benzene rings is 1. The molecule has 3 heterocycles. The Hall–Kier alpha value is -2.93. The van der Waals surface area contributed by atoms with Gasteiger partial charge in [0.25, 0.3) is 5.91 Å². The Labute approximate surface area is 150 Å². The zero-order chi connectivity index (χ0) is 17.9. The standard InChI is InChI=1S/C19H19N3O4/c23-17-8-6-12-5-7-13(11-15(12)21-17)26-19-14(3-1-9-20-19)22-18(24)16-4-2-10-25-16/h1,3,5,7,9,11,16H,2,4,6,8,10H2,(H,21,23)(H,22,24)/t16-/m1/s1. The van der Waals surface area contributed by atoms with E-state index in [9.17, 15) is 9.59 Å². The molecule has 0 aliphatic carbocycles. The third kappa shape index (κ3) is 3.52. The van der Waals surface area contributed by atoms with Gasteiger partial charge in [-0.05, 0) is 43.0 Å². The molecule has 1 aromatic heterocycles. The first-order chi connectivity index (χ1) is 12.7. The summed E-state index contributed by atoms with van der Waals surface area (Å²) in [6.07, 6.45) is 3.97. The summed E-state index contributed by atoms with van der Waals surface area (Å²) in [5, 5.41) is 5.67. The van der Waals surface area contributed by atoms with Gasteiger partial charge in [-0.3, -0.25) is 9.59 Å². The van der Waals surface area contributed by atoms with Crippen LogP contribution in [0, 0.1) is 0 Å². The van der Waals surface area contributed by atoms with Crippen LogP contribution in [0.3, 0.4) is 0 Å². The number of carbonyl (C=O) groups excluding carboxylic acids is 2. The molecule has 2 N–H and O–H groups in total. The van der Waals surface area contributed by atoms with Gasteiger partial charge in [0.15, 0.2) is 0 Å². The van der Waals surface area contributed by atoms with Gasteiger partial charge in [0.1, 0.15) is 17.5 Å². The van der Waals surface area contributed by atoms with Gasteiger partial charge in [0, 0.05) is 31.0 Å². The van der Waals surface area contributed by atoms with Gasteiger partial charge in [-0.1, -0.05) is 6.07 Å². The van der Waals surface area contributed by atoms with Crippen LogP contribution < -0.4 is 15.4 Å². The molecule has 26 heavy (non-hydrogen) atoms. The van der Waals surface area contributed by atoms with Gasteiger partial charge < -0.3 is 20.1 Å². The number of carbonyl (C=O) groups is 2. The minimum Gasteiger partial charge on any atom is -0.437 e. The summed E-state index contributed by atoms with van der Waals surface area (Å²) < 4.78 is 11.3. The van der Waals surface area contributed by atoms with E-state index in [0.29, 0.717) is 43.2 Å². The van der Waals surface area contributed by atoms with Gasteiger partial charge in [-0.15, -0.1) is 0 Å². The number of aromatic nitrogens is 1. The van der Waals surface area contributed by atoms with Crippen LogP contribution >= 0.6 is 0 Å². The topological polar surface area (TPSA) is 89.5 Å². The molecule has 2 aliphatic heterocycles. The van der Waals surface area contributed by atoms with E-state index < -0.39 is 6.10 Å². The minimum atomic E-state index is -0.429. The number of nitrogens with one attached hydrogen (secondary N) is 2. The molecule has 7 heteroatoms. The molecular weight excluding hydrogens is 334 g/mol. The van der Waals surface area contributed by atoms with Gasteiger partial charge in [0.2, 0.25) is 11.8 Å². The molecule has 7 nitrogen and oxygen atoms in total. The number of nitrogens with zero attached hydrogens (tertiary/aromatic N) is 1. The lowest BCUT2D eigenvalue weighted by Crippen LogP contribution is -2.27. The predicted molar refractivity (Wildman–Crippen MR) is 95.3 cm³/mol. The second-order valence-electron chi connectivity index (χ2n) is 6.32. The maximum absolute atomic E-state index is 12.3. The van der Waals surface area contributed by atoms with E-state index >= 15 is 0 Å². The fraction of sp³-hybridized carbons (Fsp3) is 0.316. The van der Waals surface area contributed by atoms with Crippen molar-refractivity contribution in [2.75, 3.05) is 17.2 Å². The molecular formula is C19H19N3O4. The van der Waals surface area contributed by atoms with E-state index in [1.807, 2.05) is 12.1 Å². The molecule has 0 radical (unpaired) electrons. The third-order valence-corrected chi connectivity index (χ3v) is 4.44. The number of hydrogen-bond donors (Lipinski definition) is 2. The van der Waals surface area contributed by atoms with Crippen molar-refractivity contribution in [2.45, 2.75) is 31.8 Å². The van der Waals surface area contributed by atoms with Crippen LogP contribution in [-0.2, 0) is 20.7 Å². The molecule has 0 spiro atoms. The fourth-order valence-corrected chi connectivity index (χ4v) is 3.09. The van der Waals surface area contributed by atoms with Crippen LogP contribution in [0.4, 0.5) is 11.4 Å². The van der Waals surface area contributed by atoms with Crippen molar-refractivity contribution in [1.29, 1.82) is 0 Å². The molecule has 4 rings (SSSR count). The summed E-state index contributed by atoms with van der Waals surface area (Å²) in [6.45, 7) is 0.606. The highest BCUT2D eigenvalue weighted by molar-refractivity contribution is 5.95. The molecule has 0 unspecified atom stereocenters. The second kappa shape index (κ2) is 7.13. The number of pyridine rings is 1. The third-order valence-electron chi connectivity index (χ3n) is 4.44. The number of fused-ring (bicyclic) bond motifs is 1. The number of rotatable bonds is 4. The van der Waals surface area contributed by atoms with E-state index in [2.05, 4.69) is 15.6 Å². The lowest BCUT2D eigenvalue weighted by Gasteiger charge is -2.18. The quantitative estimate of drug-likeness (QED) is 0.882. The van der Waals surface area contributed by atoms with Gasteiger partial charge in [-0.25, -0.2) is 4.98 Å². The summed E-state index contributed by atoms with van der Waals surface area (Å²) in [6, 6.07) is 8.99. The fourth-order valence-electron chi connectivity index (χ4n) is 3.09. The van der Waals surface area contributed by atoms with Crippen molar-refractivity contribution in [2.24, 2.45) is 0 Å². The van der Waals surface area contributed by atoms with Crippen molar-refractivity contribution in [3.05, 3.63) is 42.1 Å². The predicted octanol–water partition coefficient (Wildman–Crippen LogP) is 2.88. The number of anilines is 2. The Morgan fingerprint density at radius 2 is 2.23 bits per heavy atom. The van der Waals surface area contributed by atoms with E-state index in [0.717, 1.165) is 17.7 Å². The monoisotopic (exact) mass is 353 g/mol. The highest BCUT2D eigenvalue weighted by atomic mass is 16.5. The van der Waals surface area contributed by atoms with Crippen LogP contribution in [0.5, 0.6) is 11.6 Å². The molecule has 0 saturated carbocycles. The van der Waals surface area contributed by atoms with E-state index in [-0.39, 0.29) is 11.8 Å². The Morgan fingerprint density at radius 1 is 1.31 bits per heavy atom. The first-order valence-electron chi connectivity index (χ1n) is 8.67. The summed E-state index contributed by atoms with van der Waals surface area (Å²) in [5.74, 6) is 0.633. The molecule has 134 valence electrons. The maximum atomic E-state index is 12.3. The Balaban J connectivity index is 1.52. The minimum absolute atomic E-state index is 0.00278. The van der Waals surface area contributed by atoms with Crippen molar-refractivity contribution >= 4 is 23.2 Å². The molecule has 2 aromatic rings. The maximum Gasteiger partial charge on any atom is 0.253 e. The van der Waals surface area contributed by atoms with Crippen LogP contribution in [0.25, 0.3) is 0 Å². The lowest BCUT2D eigenvalue weighted by atomic mass is 10.0. The molecule has 0 bridgehead atoms. The molecule has 1 fully saturated rings. The van der Waals surface area contributed by atoms with Crippen LogP contribution in [0.2, 0.25) is 0 Å². The molecule has 1 aromatic carbocycles. The van der Waals surface area contributed by atoms with Crippen LogP contribution in [-0.4, -0.2) is 29.5 Å². The molecule has 2 amide bonds. The Bertz CT molecular complexity index is 846. The summed E-state index contributed by atoms with van der Waals surface area (Å²) in [4.78, 5) is 28.1. The average molecular weight is 353 g/mol. The number of ether oxygens (including phenoxy) is 2. The zero-order valence-corrected chi connectivity index (χ0v) is 14.2. The highest BCUT2D eigenvalue weighted by Gasteiger charge is 2.24. The van der Waals surface area contributed by atoms with Crippen molar-refractivity contribution in [3.8, 4) is 11.6 Å². The van der Waals surface area contributed by atoms with Crippen molar-refractivity contribution in [3.63, 3.8) is 0 Å². The lowest BCUT2D eigenvalue weighted by molar-refractivity contribution is -0.124. The summed E-state index contributed by atoms with van der Waals surface area (Å²) >= 11 is 0.